The smallest absolute Gasteiger partial charge is 0.261 e. The van der Waals surface area contributed by atoms with Crippen LogP contribution < -0.4 is 11.1 Å². The number of halogens is 3. The maximum atomic E-state index is 13.9. The summed E-state index contributed by atoms with van der Waals surface area (Å²) in [6, 6.07) is 3.62. The molecule has 0 radical (unpaired) electrons. The Morgan fingerprint density at radius 2 is 2.14 bits per heavy atom. The minimum atomic E-state index is -1.09. The second-order valence-corrected chi connectivity index (χ2v) is 6.32. The van der Waals surface area contributed by atoms with E-state index in [-0.39, 0.29) is 18.7 Å². The monoisotopic (exact) mass is 426 g/mol. The Morgan fingerprint density at radius 1 is 1.38 bits per heavy atom. The third-order valence-electron chi connectivity index (χ3n) is 3.56. The number of rotatable bonds is 6. The zero-order valence-corrected chi connectivity index (χ0v) is 16.0. The van der Waals surface area contributed by atoms with Crippen LogP contribution in [-0.4, -0.2) is 40.6 Å². The Balaban J connectivity index is 0.000000438. The Labute approximate surface area is 167 Å². The van der Waals surface area contributed by atoms with Crippen LogP contribution in [0.5, 0.6) is 0 Å². The first kappa shape index (κ1) is 22.1. The number of alkyl halides is 1. The van der Waals surface area contributed by atoms with Gasteiger partial charge in [-0.15, -0.1) is 11.8 Å². The van der Waals surface area contributed by atoms with Crippen LogP contribution in [0.2, 0.25) is 0 Å². The number of carbonyl (C=O) groups excluding carboxylic acids is 1. The first-order chi connectivity index (χ1) is 13.9. The highest BCUT2D eigenvalue weighted by molar-refractivity contribution is 7.98. The van der Waals surface area contributed by atoms with Gasteiger partial charge in [0.25, 0.3) is 5.91 Å². The number of anilines is 2. The summed E-state index contributed by atoms with van der Waals surface area (Å²) in [5, 5.41) is 13.0. The molecule has 3 aromatic rings. The molecule has 0 unspecified atom stereocenters. The largest absolute Gasteiger partial charge is 0.396 e. The van der Waals surface area contributed by atoms with E-state index in [4.69, 9.17) is 10.6 Å². The van der Waals surface area contributed by atoms with E-state index >= 15 is 0 Å². The summed E-state index contributed by atoms with van der Waals surface area (Å²) in [7, 11) is 0. The number of amides is 1. The third kappa shape index (κ3) is 5.44. The van der Waals surface area contributed by atoms with Gasteiger partial charge >= 0.3 is 0 Å². The lowest BCUT2D eigenvalue weighted by atomic mass is 10.1. The van der Waals surface area contributed by atoms with E-state index in [1.165, 1.54) is 18.0 Å². The van der Waals surface area contributed by atoms with E-state index in [9.17, 15) is 18.0 Å². The Kier molecular flexibility index (Phi) is 7.95. The number of nitrogens with zero attached hydrogens (tertiary/aromatic N) is 3. The highest BCUT2D eigenvalue weighted by Crippen LogP contribution is 2.25. The van der Waals surface area contributed by atoms with Crippen LogP contribution in [0.4, 0.5) is 24.5 Å². The Bertz CT molecular complexity index is 1010. The quantitative estimate of drug-likeness (QED) is 0.237. The zero-order valence-electron chi connectivity index (χ0n) is 15.2. The number of hydrogen-bond donors (Lipinski definition) is 3. The molecule has 0 aliphatic heterocycles. The molecule has 0 spiro atoms. The van der Waals surface area contributed by atoms with Crippen molar-refractivity contribution in [2.75, 3.05) is 30.5 Å². The molecule has 1 aromatic carbocycles. The molecule has 0 saturated heterocycles. The number of benzene rings is 1. The number of nitroso groups, excluding NO2 is 1. The topological polar surface area (TPSA) is 126 Å². The van der Waals surface area contributed by atoms with Crippen LogP contribution >= 0.6 is 11.8 Å². The van der Waals surface area contributed by atoms with Crippen molar-refractivity contribution in [1.29, 1.82) is 0 Å². The molecule has 0 fully saturated rings. The lowest BCUT2D eigenvalue weighted by Gasteiger charge is -2.08. The predicted octanol–water partition coefficient (Wildman–Crippen LogP) is 3.90. The molecule has 8 nitrogen and oxygen atoms in total. The molecule has 4 N–H and O–H groups in total. The van der Waals surface area contributed by atoms with E-state index < -0.39 is 29.8 Å². The van der Waals surface area contributed by atoms with Crippen LogP contribution in [-0.2, 0) is 0 Å². The molecule has 154 valence electrons. The van der Waals surface area contributed by atoms with Crippen molar-refractivity contribution in [1.82, 2.24) is 15.2 Å². The fourth-order valence-electron chi connectivity index (χ4n) is 2.20. The van der Waals surface area contributed by atoms with Gasteiger partial charge in [-0.2, -0.15) is 10.0 Å². The SMILES string of the molecule is CSc1n[nH]c2ncc(NC(=O)c3c(F)ccc(N)c3F)cc12.O=NCCCF. The molecule has 0 bridgehead atoms. The van der Waals surface area contributed by atoms with Gasteiger partial charge in [-0.3, -0.25) is 14.3 Å². The summed E-state index contributed by atoms with van der Waals surface area (Å²) < 4.78 is 38.6. The normalized spacial score (nSPS) is 10.3. The average molecular weight is 426 g/mol. The van der Waals surface area contributed by atoms with E-state index in [2.05, 4.69) is 25.7 Å². The van der Waals surface area contributed by atoms with E-state index in [0.717, 1.165) is 12.1 Å². The zero-order chi connectivity index (χ0) is 21.4. The minimum absolute atomic E-state index is 0.108. The first-order valence-corrected chi connectivity index (χ1v) is 9.43. The molecule has 0 saturated carbocycles. The van der Waals surface area contributed by atoms with Gasteiger partial charge in [0.2, 0.25) is 0 Å². The number of nitrogens with two attached hydrogens (primary N) is 1. The van der Waals surface area contributed by atoms with Crippen molar-refractivity contribution in [2.45, 2.75) is 11.4 Å². The number of H-pyrrole nitrogens is 1. The lowest BCUT2D eigenvalue weighted by Crippen LogP contribution is -2.17. The molecular weight excluding hydrogens is 409 g/mol. The molecule has 0 atom stereocenters. The second-order valence-electron chi connectivity index (χ2n) is 5.53. The number of fused-ring (bicyclic) bond motifs is 1. The first-order valence-electron chi connectivity index (χ1n) is 8.20. The molecule has 2 aromatic heterocycles. The summed E-state index contributed by atoms with van der Waals surface area (Å²) in [6.07, 6.45) is 3.48. The maximum Gasteiger partial charge on any atom is 0.261 e. The third-order valence-corrected chi connectivity index (χ3v) is 4.26. The number of hydrogen-bond acceptors (Lipinski definition) is 7. The van der Waals surface area contributed by atoms with E-state index in [1.807, 2.05) is 6.26 Å². The van der Waals surface area contributed by atoms with Crippen molar-refractivity contribution in [3.8, 4) is 0 Å². The standard InChI is InChI=1S/C14H11F2N5OS.C3H6FNO/c1-23-14-7-4-6(5-18-12(7)20-21-14)19-13(22)10-8(15)2-3-9(17)11(10)16;4-2-1-3-5-6/h2-5H,17H2,1H3,(H,19,22)(H,18,20,21);1-3H2. The fraction of sp³-hybridized carbons (Fsp3) is 0.235. The minimum Gasteiger partial charge on any atom is -0.396 e. The van der Waals surface area contributed by atoms with E-state index in [0.29, 0.717) is 21.7 Å². The molecule has 0 aliphatic rings. The number of thioether (sulfide) groups is 1. The summed E-state index contributed by atoms with van der Waals surface area (Å²) in [5.74, 6) is -3.02. The highest BCUT2D eigenvalue weighted by atomic mass is 32.2. The van der Waals surface area contributed by atoms with Gasteiger partial charge in [-0.1, -0.05) is 5.18 Å². The number of aromatic amines is 1. The van der Waals surface area contributed by atoms with Crippen molar-refractivity contribution in [3.63, 3.8) is 0 Å². The average Bonchev–Trinajstić information content (AvgIpc) is 3.12. The number of nitrogens with one attached hydrogen (secondary N) is 2. The van der Waals surface area contributed by atoms with Gasteiger partial charge in [0, 0.05) is 0 Å². The predicted molar refractivity (Wildman–Crippen MR) is 106 cm³/mol. The van der Waals surface area contributed by atoms with Crippen molar-refractivity contribution in [2.24, 2.45) is 5.18 Å². The van der Waals surface area contributed by atoms with Gasteiger partial charge in [0.05, 0.1) is 36.2 Å². The maximum absolute atomic E-state index is 13.9. The second kappa shape index (κ2) is 10.4. The van der Waals surface area contributed by atoms with Crippen molar-refractivity contribution < 1.29 is 18.0 Å². The Morgan fingerprint density at radius 3 is 2.76 bits per heavy atom. The number of pyridine rings is 1. The van der Waals surface area contributed by atoms with Crippen molar-refractivity contribution >= 4 is 40.1 Å². The van der Waals surface area contributed by atoms with Gasteiger partial charge in [0.15, 0.2) is 11.5 Å². The van der Waals surface area contributed by atoms with Crippen LogP contribution in [0.3, 0.4) is 0 Å². The molecule has 1 amide bonds. The van der Waals surface area contributed by atoms with Gasteiger partial charge < -0.3 is 11.1 Å². The van der Waals surface area contributed by atoms with Crippen LogP contribution in [0.1, 0.15) is 16.8 Å². The number of carbonyl (C=O) groups is 1. The molecule has 12 heteroatoms. The molecule has 29 heavy (non-hydrogen) atoms. The molecule has 2 heterocycles. The van der Waals surface area contributed by atoms with Gasteiger partial charge in [0.1, 0.15) is 16.4 Å². The fourth-order valence-corrected chi connectivity index (χ4v) is 2.71. The lowest BCUT2D eigenvalue weighted by molar-refractivity contribution is 0.101. The molecule has 3 rings (SSSR count). The van der Waals surface area contributed by atoms with Crippen LogP contribution in [0.25, 0.3) is 11.0 Å². The van der Waals surface area contributed by atoms with E-state index in [1.54, 1.807) is 6.07 Å². The Hall–Kier alpha value is -3.15. The number of nitrogen functional groups attached to an aromatic ring is 1. The number of aromatic nitrogens is 3. The van der Waals surface area contributed by atoms with Gasteiger partial charge in [-0.25, -0.2) is 13.8 Å². The van der Waals surface area contributed by atoms with Gasteiger partial charge in [-0.05, 0) is 30.9 Å². The summed E-state index contributed by atoms with van der Waals surface area (Å²) in [4.78, 5) is 25.4. The van der Waals surface area contributed by atoms with Crippen LogP contribution in [0.15, 0.2) is 34.6 Å². The highest BCUT2D eigenvalue weighted by Gasteiger charge is 2.20. The summed E-state index contributed by atoms with van der Waals surface area (Å²) in [5.41, 5.74) is 5.18. The molecule has 0 aliphatic carbocycles. The van der Waals surface area contributed by atoms with Crippen LogP contribution in [0, 0.1) is 16.5 Å². The summed E-state index contributed by atoms with van der Waals surface area (Å²) in [6.45, 7) is -0.331. The van der Waals surface area contributed by atoms with Crippen molar-refractivity contribution in [3.05, 3.63) is 46.5 Å². The molecular formula is C17H17F3N6O2S. The summed E-state index contributed by atoms with van der Waals surface area (Å²) >= 11 is 1.40.